The molecule has 118 valence electrons. The summed E-state index contributed by atoms with van der Waals surface area (Å²) in [5.74, 6) is -0.138. The first-order valence-electron chi connectivity index (χ1n) is 7.29. The molecule has 3 atom stereocenters. The van der Waals surface area contributed by atoms with E-state index in [4.69, 9.17) is 5.11 Å². The maximum absolute atomic E-state index is 12.3. The predicted molar refractivity (Wildman–Crippen MR) is 79.8 cm³/mol. The van der Waals surface area contributed by atoms with Crippen molar-refractivity contribution in [3.63, 3.8) is 0 Å². The first-order valence-corrected chi connectivity index (χ1v) is 8.27. The zero-order chi connectivity index (χ0) is 15.6. The number of fused-ring (bicyclic) bond motifs is 1. The fourth-order valence-corrected chi connectivity index (χ4v) is 4.31. The lowest BCUT2D eigenvalue weighted by molar-refractivity contribution is -0.138. The van der Waals surface area contributed by atoms with Crippen LogP contribution in [0.2, 0.25) is 0 Å². The van der Waals surface area contributed by atoms with Crippen molar-refractivity contribution in [2.45, 2.75) is 50.4 Å². The van der Waals surface area contributed by atoms with Gasteiger partial charge >= 0.3 is 5.97 Å². The number of rotatable bonds is 6. The second kappa shape index (κ2) is 6.25. The molecule has 2 saturated heterocycles. The normalized spacial score (nSPS) is 29.3. The Morgan fingerprint density at radius 2 is 2.29 bits per heavy atom. The molecule has 2 heterocycles. The van der Waals surface area contributed by atoms with Gasteiger partial charge in [-0.15, -0.1) is 11.8 Å². The lowest BCUT2D eigenvalue weighted by Crippen LogP contribution is -2.50. The highest BCUT2D eigenvalue weighted by Crippen LogP contribution is 2.47. The molecule has 7 heteroatoms. The second-order valence-corrected chi connectivity index (χ2v) is 7.55. The molecule has 0 aromatic rings. The number of hydrogen-bond donors (Lipinski definition) is 2. The summed E-state index contributed by atoms with van der Waals surface area (Å²) in [4.78, 5) is 36.3. The van der Waals surface area contributed by atoms with E-state index >= 15 is 0 Å². The van der Waals surface area contributed by atoms with Crippen molar-refractivity contribution in [2.75, 3.05) is 12.3 Å². The summed E-state index contributed by atoms with van der Waals surface area (Å²) in [5, 5.41) is 11.5. The van der Waals surface area contributed by atoms with Gasteiger partial charge in [0.05, 0.1) is 4.87 Å². The highest BCUT2D eigenvalue weighted by molar-refractivity contribution is 8.01. The number of nitrogens with one attached hydrogen (secondary N) is 1. The quantitative estimate of drug-likeness (QED) is 0.765. The molecular formula is C14H22N2O4S. The van der Waals surface area contributed by atoms with Gasteiger partial charge in [0.15, 0.2) is 0 Å². The van der Waals surface area contributed by atoms with E-state index in [1.165, 1.54) is 0 Å². The van der Waals surface area contributed by atoms with Gasteiger partial charge in [-0.3, -0.25) is 14.4 Å². The van der Waals surface area contributed by atoms with Crippen LogP contribution in [0.15, 0.2) is 0 Å². The maximum Gasteiger partial charge on any atom is 0.303 e. The number of carboxylic acids is 1. The van der Waals surface area contributed by atoms with E-state index in [0.29, 0.717) is 25.1 Å². The van der Waals surface area contributed by atoms with Crippen LogP contribution in [0, 0.1) is 5.92 Å². The Labute approximate surface area is 128 Å². The molecule has 3 unspecified atom stereocenters. The first-order chi connectivity index (χ1) is 9.83. The molecule has 21 heavy (non-hydrogen) atoms. The number of thioether (sulfide) groups is 1. The van der Waals surface area contributed by atoms with Gasteiger partial charge in [-0.2, -0.15) is 0 Å². The number of hydrogen-bond acceptors (Lipinski definition) is 4. The SMILES string of the molecule is CC(CCC(=O)O)CNC(=O)C1CSC2(C)CCC(=O)N12. The maximum atomic E-state index is 12.3. The van der Waals surface area contributed by atoms with Gasteiger partial charge in [-0.05, 0) is 25.7 Å². The first kappa shape index (κ1) is 16.1. The van der Waals surface area contributed by atoms with Gasteiger partial charge in [0, 0.05) is 25.1 Å². The second-order valence-electron chi connectivity index (χ2n) is 6.05. The molecule has 0 spiro atoms. The van der Waals surface area contributed by atoms with Crippen molar-refractivity contribution in [3.8, 4) is 0 Å². The van der Waals surface area contributed by atoms with Crippen LogP contribution in [0.1, 0.15) is 39.5 Å². The molecule has 0 saturated carbocycles. The summed E-state index contributed by atoms with van der Waals surface area (Å²) in [6.07, 6.45) is 1.96. The Balaban J connectivity index is 1.84. The Bertz CT molecular complexity index is 456. The van der Waals surface area contributed by atoms with Crippen molar-refractivity contribution in [1.29, 1.82) is 0 Å². The highest BCUT2D eigenvalue weighted by atomic mass is 32.2. The van der Waals surface area contributed by atoms with Gasteiger partial charge in [-0.1, -0.05) is 6.92 Å². The molecule has 6 nitrogen and oxygen atoms in total. The van der Waals surface area contributed by atoms with Gasteiger partial charge in [0.25, 0.3) is 0 Å². The molecule has 0 radical (unpaired) electrons. The minimum absolute atomic E-state index is 0.0570. The Hall–Kier alpha value is -1.24. The highest BCUT2D eigenvalue weighted by Gasteiger charge is 2.52. The average molecular weight is 314 g/mol. The average Bonchev–Trinajstić information content (AvgIpc) is 2.91. The molecule has 2 amide bonds. The Morgan fingerprint density at radius 3 is 2.95 bits per heavy atom. The number of carbonyl (C=O) groups excluding carboxylic acids is 2. The third kappa shape index (κ3) is 3.51. The third-order valence-electron chi connectivity index (χ3n) is 4.22. The van der Waals surface area contributed by atoms with Crippen LogP contribution in [0.3, 0.4) is 0 Å². The predicted octanol–water partition coefficient (Wildman–Crippen LogP) is 1.06. The lowest BCUT2D eigenvalue weighted by atomic mass is 10.1. The van der Waals surface area contributed by atoms with Crippen LogP contribution >= 0.6 is 11.8 Å². The van der Waals surface area contributed by atoms with Crippen molar-refractivity contribution in [3.05, 3.63) is 0 Å². The number of nitrogens with zero attached hydrogens (tertiary/aromatic N) is 1. The summed E-state index contributed by atoms with van der Waals surface area (Å²) in [6.45, 7) is 4.38. The van der Waals surface area contributed by atoms with Crippen LogP contribution in [0.4, 0.5) is 0 Å². The van der Waals surface area contributed by atoms with E-state index in [2.05, 4.69) is 5.32 Å². The molecule has 2 aliphatic rings. The molecule has 0 aromatic heterocycles. The van der Waals surface area contributed by atoms with Gasteiger partial charge in [0.2, 0.25) is 11.8 Å². The van der Waals surface area contributed by atoms with Crippen LogP contribution in [0.5, 0.6) is 0 Å². The fourth-order valence-electron chi connectivity index (χ4n) is 2.88. The minimum atomic E-state index is -0.821. The summed E-state index contributed by atoms with van der Waals surface area (Å²) in [5.41, 5.74) is 0. The summed E-state index contributed by atoms with van der Waals surface area (Å²) in [7, 11) is 0. The number of carboxylic acid groups (broad SMARTS) is 1. The molecule has 2 N–H and O–H groups in total. The van der Waals surface area contributed by atoms with Crippen LogP contribution < -0.4 is 5.32 Å². The molecule has 0 bridgehead atoms. The topological polar surface area (TPSA) is 86.7 Å². The molecule has 2 fully saturated rings. The van der Waals surface area contributed by atoms with Gasteiger partial charge in [-0.25, -0.2) is 0 Å². The summed E-state index contributed by atoms with van der Waals surface area (Å²) >= 11 is 1.67. The van der Waals surface area contributed by atoms with E-state index in [-0.39, 0.29) is 35.1 Å². The van der Waals surface area contributed by atoms with E-state index in [0.717, 1.165) is 6.42 Å². The molecule has 2 rings (SSSR count). The molecule has 0 aromatic carbocycles. The largest absolute Gasteiger partial charge is 0.481 e. The lowest BCUT2D eigenvalue weighted by Gasteiger charge is -2.30. The van der Waals surface area contributed by atoms with Crippen LogP contribution in [-0.4, -0.2) is 51.0 Å². The standard InChI is InChI=1S/C14H22N2O4S/c1-9(3-4-12(18)19)7-15-13(20)10-8-21-14(2)6-5-11(17)16(10)14/h9-10H,3-8H2,1-2H3,(H,15,20)(H,18,19). The Kier molecular flexibility index (Phi) is 4.81. The van der Waals surface area contributed by atoms with Crippen molar-refractivity contribution >= 4 is 29.5 Å². The van der Waals surface area contributed by atoms with E-state index in [1.807, 2.05) is 13.8 Å². The van der Waals surface area contributed by atoms with E-state index < -0.39 is 5.97 Å². The van der Waals surface area contributed by atoms with Crippen molar-refractivity contribution in [2.24, 2.45) is 5.92 Å². The van der Waals surface area contributed by atoms with Gasteiger partial charge in [0.1, 0.15) is 6.04 Å². The molecule has 2 aliphatic heterocycles. The number of amides is 2. The third-order valence-corrected chi connectivity index (χ3v) is 5.73. The smallest absolute Gasteiger partial charge is 0.303 e. The Morgan fingerprint density at radius 1 is 1.57 bits per heavy atom. The molecular weight excluding hydrogens is 292 g/mol. The zero-order valence-electron chi connectivity index (χ0n) is 12.4. The van der Waals surface area contributed by atoms with Crippen molar-refractivity contribution in [1.82, 2.24) is 10.2 Å². The van der Waals surface area contributed by atoms with Crippen LogP contribution in [0.25, 0.3) is 0 Å². The van der Waals surface area contributed by atoms with Crippen LogP contribution in [-0.2, 0) is 14.4 Å². The fraction of sp³-hybridized carbons (Fsp3) is 0.786. The molecule has 0 aliphatic carbocycles. The van der Waals surface area contributed by atoms with E-state index in [1.54, 1.807) is 16.7 Å². The van der Waals surface area contributed by atoms with Crippen molar-refractivity contribution < 1.29 is 19.5 Å². The van der Waals surface area contributed by atoms with Gasteiger partial charge < -0.3 is 15.3 Å². The number of carbonyl (C=O) groups is 3. The summed E-state index contributed by atoms with van der Waals surface area (Å²) < 4.78 is 0. The van der Waals surface area contributed by atoms with E-state index in [9.17, 15) is 14.4 Å². The summed E-state index contributed by atoms with van der Waals surface area (Å²) in [6, 6.07) is -0.387. The minimum Gasteiger partial charge on any atom is -0.481 e. The zero-order valence-corrected chi connectivity index (χ0v) is 13.2. The number of aliphatic carboxylic acids is 1. The monoisotopic (exact) mass is 314 g/mol.